The maximum atomic E-state index is 13.4. The molecular weight excluding hydrogens is 364 g/mol. The van der Waals surface area contributed by atoms with E-state index in [1.165, 1.54) is 0 Å². The van der Waals surface area contributed by atoms with Gasteiger partial charge in [0.05, 0.1) is 17.6 Å². The second-order valence-corrected chi connectivity index (χ2v) is 8.21. The van der Waals surface area contributed by atoms with Crippen molar-refractivity contribution in [2.45, 2.75) is 44.8 Å². The Morgan fingerprint density at radius 1 is 1.21 bits per heavy atom. The highest BCUT2D eigenvalue weighted by molar-refractivity contribution is 5.95. The van der Waals surface area contributed by atoms with Gasteiger partial charge in [0.2, 0.25) is 0 Å². The molecule has 6 heteroatoms. The molecule has 3 heterocycles. The van der Waals surface area contributed by atoms with E-state index in [1.54, 1.807) is 18.7 Å². The molecule has 0 radical (unpaired) electrons. The molecule has 4 rings (SSSR count). The van der Waals surface area contributed by atoms with Crippen molar-refractivity contribution in [3.63, 3.8) is 0 Å². The molecular formula is C23H26N4O2. The van der Waals surface area contributed by atoms with E-state index in [0.717, 1.165) is 35.4 Å². The predicted molar refractivity (Wildman–Crippen MR) is 110 cm³/mol. The Labute approximate surface area is 170 Å². The molecule has 0 spiro atoms. The van der Waals surface area contributed by atoms with E-state index in [-0.39, 0.29) is 11.9 Å². The van der Waals surface area contributed by atoms with Crippen LogP contribution in [0.15, 0.2) is 55.1 Å². The van der Waals surface area contributed by atoms with E-state index in [4.69, 9.17) is 0 Å². The van der Waals surface area contributed by atoms with Crippen LogP contribution < -0.4 is 0 Å². The first-order valence-corrected chi connectivity index (χ1v) is 9.97. The number of carbonyl (C=O) groups excluding carboxylic acids is 1. The third kappa shape index (κ3) is 4.22. The summed E-state index contributed by atoms with van der Waals surface area (Å²) in [5.41, 5.74) is 4.07. The zero-order valence-corrected chi connectivity index (χ0v) is 16.8. The molecule has 1 aliphatic heterocycles. The molecule has 1 aromatic carbocycles. The first-order valence-electron chi connectivity index (χ1n) is 9.97. The van der Waals surface area contributed by atoms with Gasteiger partial charge in [-0.25, -0.2) is 4.98 Å². The number of carbonyl (C=O) groups is 1. The van der Waals surface area contributed by atoms with Gasteiger partial charge in [-0.05, 0) is 62.1 Å². The van der Waals surface area contributed by atoms with Gasteiger partial charge < -0.3 is 15.0 Å². The number of nitrogens with one attached hydrogen (secondary N) is 1. The molecule has 0 unspecified atom stereocenters. The van der Waals surface area contributed by atoms with E-state index >= 15 is 0 Å². The molecule has 0 aliphatic carbocycles. The number of aryl methyl sites for hydroxylation is 1. The first kappa shape index (κ1) is 19.3. The first-order chi connectivity index (χ1) is 13.9. The van der Waals surface area contributed by atoms with E-state index in [1.807, 2.05) is 55.1 Å². The summed E-state index contributed by atoms with van der Waals surface area (Å²) < 4.78 is 0. The third-order valence-electron chi connectivity index (χ3n) is 5.43. The van der Waals surface area contributed by atoms with Crippen LogP contribution in [-0.2, 0) is 12.8 Å². The van der Waals surface area contributed by atoms with Crippen LogP contribution in [0.2, 0.25) is 0 Å². The monoisotopic (exact) mass is 390 g/mol. The van der Waals surface area contributed by atoms with Crippen molar-refractivity contribution >= 4 is 5.91 Å². The number of imidazole rings is 1. The lowest BCUT2D eigenvalue weighted by Gasteiger charge is -2.35. The second-order valence-electron chi connectivity index (χ2n) is 8.21. The second kappa shape index (κ2) is 7.79. The molecule has 6 nitrogen and oxygen atoms in total. The van der Waals surface area contributed by atoms with Gasteiger partial charge in [-0.1, -0.05) is 12.1 Å². The predicted octanol–water partition coefficient (Wildman–Crippen LogP) is 3.30. The van der Waals surface area contributed by atoms with Crippen LogP contribution in [0.25, 0.3) is 0 Å². The minimum absolute atomic E-state index is 0.00509. The van der Waals surface area contributed by atoms with Gasteiger partial charge in [0.25, 0.3) is 5.91 Å². The summed E-state index contributed by atoms with van der Waals surface area (Å²) in [5.74, 6) is -0.00509. The van der Waals surface area contributed by atoms with E-state index in [9.17, 15) is 9.90 Å². The molecule has 0 saturated carbocycles. The SMILES string of the molecule is CC(C)(O)CCc1ccc(C(=O)N2CCc3[nH]cnc3[C@@H]2c2ccncc2)cc1. The zero-order valence-electron chi connectivity index (χ0n) is 16.8. The number of hydrogen-bond donors (Lipinski definition) is 2. The topological polar surface area (TPSA) is 82.1 Å². The number of aromatic nitrogens is 3. The van der Waals surface area contributed by atoms with Crippen molar-refractivity contribution in [2.24, 2.45) is 0 Å². The van der Waals surface area contributed by atoms with Crippen LogP contribution >= 0.6 is 0 Å². The number of pyridine rings is 1. The van der Waals surface area contributed by atoms with Crippen LogP contribution in [0.1, 0.15) is 59.2 Å². The van der Waals surface area contributed by atoms with Crippen molar-refractivity contribution in [1.82, 2.24) is 19.9 Å². The summed E-state index contributed by atoms with van der Waals surface area (Å²) in [6.07, 6.45) is 7.40. The molecule has 1 amide bonds. The highest BCUT2D eigenvalue weighted by Gasteiger charge is 2.34. The Morgan fingerprint density at radius 2 is 1.93 bits per heavy atom. The highest BCUT2D eigenvalue weighted by atomic mass is 16.3. The Bertz CT molecular complexity index is 974. The summed E-state index contributed by atoms with van der Waals surface area (Å²) in [5, 5.41) is 9.92. The summed E-state index contributed by atoms with van der Waals surface area (Å²) in [6.45, 7) is 4.25. The average molecular weight is 390 g/mol. The number of benzene rings is 1. The molecule has 0 saturated heterocycles. The Kier molecular flexibility index (Phi) is 5.20. The van der Waals surface area contributed by atoms with Crippen LogP contribution in [0.3, 0.4) is 0 Å². The maximum Gasteiger partial charge on any atom is 0.254 e. The molecule has 29 heavy (non-hydrogen) atoms. The lowest BCUT2D eigenvalue weighted by atomic mass is 9.95. The molecule has 2 aromatic heterocycles. The summed E-state index contributed by atoms with van der Waals surface area (Å²) in [6, 6.07) is 11.4. The number of aliphatic hydroxyl groups is 1. The van der Waals surface area contributed by atoms with Crippen LogP contribution in [0, 0.1) is 0 Å². The van der Waals surface area contributed by atoms with Gasteiger partial charge >= 0.3 is 0 Å². The maximum absolute atomic E-state index is 13.4. The number of aromatic amines is 1. The number of nitrogens with zero attached hydrogens (tertiary/aromatic N) is 3. The summed E-state index contributed by atoms with van der Waals surface area (Å²) in [7, 11) is 0. The fourth-order valence-corrected chi connectivity index (χ4v) is 3.81. The quantitative estimate of drug-likeness (QED) is 0.700. The van der Waals surface area contributed by atoms with E-state index in [2.05, 4.69) is 15.0 Å². The molecule has 0 fully saturated rings. The Hall–Kier alpha value is -2.99. The van der Waals surface area contributed by atoms with Crippen molar-refractivity contribution in [2.75, 3.05) is 6.54 Å². The molecule has 0 bridgehead atoms. The molecule has 150 valence electrons. The van der Waals surface area contributed by atoms with Gasteiger partial charge in [-0.3, -0.25) is 9.78 Å². The van der Waals surface area contributed by atoms with Crippen molar-refractivity contribution < 1.29 is 9.90 Å². The molecule has 1 atom stereocenters. The normalized spacial score (nSPS) is 16.5. The van der Waals surface area contributed by atoms with Crippen molar-refractivity contribution in [3.05, 3.63) is 83.2 Å². The standard InChI is InChI=1S/C23H26N4O2/c1-23(2,29)11-7-16-3-5-18(6-4-16)22(28)27-14-10-19-20(26-15-25-19)21(27)17-8-12-24-13-9-17/h3-6,8-9,12-13,15,21,29H,7,10-11,14H2,1-2H3,(H,25,26)/t21-/m0/s1. The number of fused-ring (bicyclic) bond motifs is 1. The molecule has 1 aliphatic rings. The lowest BCUT2D eigenvalue weighted by Crippen LogP contribution is -2.40. The number of hydrogen-bond acceptors (Lipinski definition) is 4. The third-order valence-corrected chi connectivity index (χ3v) is 5.43. The molecule has 2 N–H and O–H groups in total. The minimum atomic E-state index is -0.693. The highest BCUT2D eigenvalue weighted by Crippen LogP contribution is 2.34. The summed E-state index contributed by atoms with van der Waals surface area (Å²) in [4.78, 5) is 27.1. The van der Waals surface area contributed by atoms with Gasteiger partial charge in [-0.15, -0.1) is 0 Å². The fraction of sp³-hybridized carbons (Fsp3) is 0.348. The van der Waals surface area contributed by atoms with Crippen molar-refractivity contribution in [3.8, 4) is 0 Å². The zero-order chi connectivity index (χ0) is 20.4. The largest absolute Gasteiger partial charge is 0.390 e. The van der Waals surface area contributed by atoms with Crippen LogP contribution in [-0.4, -0.2) is 43.0 Å². The number of amides is 1. The van der Waals surface area contributed by atoms with Gasteiger partial charge in [0, 0.05) is 36.6 Å². The van der Waals surface area contributed by atoms with E-state index < -0.39 is 5.60 Å². The number of H-pyrrole nitrogens is 1. The smallest absolute Gasteiger partial charge is 0.254 e. The van der Waals surface area contributed by atoms with E-state index in [0.29, 0.717) is 18.5 Å². The Morgan fingerprint density at radius 3 is 2.62 bits per heavy atom. The average Bonchev–Trinajstić information content (AvgIpc) is 3.20. The van der Waals surface area contributed by atoms with Gasteiger partial charge in [0.1, 0.15) is 6.04 Å². The minimum Gasteiger partial charge on any atom is -0.390 e. The fourth-order valence-electron chi connectivity index (χ4n) is 3.81. The lowest BCUT2D eigenvalue weighted by molar-refractivity contribution is 0.0687. The van der Waals surface area contributed by atoms with Crippen LogP contribution in [0.4, 0.5) is 0 Å². The van der Waals surface area contributed by atoms with Gasteiger partial charge in [0.15, 0.2) is 0 Å². The number of rotatable bonds is 5. The van der Waals surface area contributed by atoms with Crippen molar-refractivity contribution in [1.29, 1.82) is 0 Å². The molecule has 3 aromatic rings. The summed E-state index contributed by atoms with van der Waals surface area (Å²) >= 11 is 0. The van der Waals surface area contributed by atoms with Crippen LogP contribution in [0.5, 0.6) is 0 Å². The Balaban J connectivity index is 1.59. The van der Waals surface area contributed by atoms with Gasteiger partial charge in [-0.2, -0.15) is 0 Å².